The zero-order valence-corrected chi connectivity index (χ0v) is 27.3. The summed E-state index contributed by atoms with van der Waals surface area (Å²) in [5.41, 5.74) is 4.02. The summed E-state index contributed by atoms with van der Waals surface area (Å²) in [7, 11) is 3.35. The summed E-state index contributed by atoms with van der Waals surface area (Å²) in [6.45, 7) is 6.52. The Bertz CT molecular complexity index is 1570. The number of piperazine rings is 1. The summed E-state index contributed by atoms with van der Waals surface area (Å²) in [5, 5.41) is 6.27. The van der Waals surface area contributed by atoms with Crippen LogP contribution in [0, 0.1) is 0 Å². The topological polar surface area (TPSA) is 85.4 Å². The van der Waals surface area contributed by atoms with E-state index in [1.165, 1.54) is 0 Å². The third-order valence-electron chi connectivity index (χ3n) is 8.70. The molecule has 244 valence electrons. The average Bonchev–Trinajstić information content (AvgIpc) is 3.08. The number of methoxy groups -OCH3 is 1. The minimum Gasteiger partial charge on any atom is -0.497 e. The van der Waals surface area contributed by atoms with Gasteiger partial charge in [0.2, 0.25) is 11.8 Å². The number of amides is 4. The van der Waals surface area contributed by atoms with Crippen molar-refractivity contribution in [2.75, 3.05) is 33.8 Å². The number of hydrogen-bond donors (Lipinski definition) is 1. The zero-order chi connectivity index (χ0) is 33.3. The van der Waals surface area contributed by atoms with Crippen LogP contribution in [0.15, 0.2) is 121 Å². The van der Waals surface area contributed by atoms with E-state index in [0.29, 0.717) is 19.5 Å². The van der Waals surface area contributed by atoms with E-state index in [1.54, 1.807) is 35.2 Å². The first-order valence-electron chi connectivity index (χ1n) is 15.9. The SMILES string of the molecule is C=C/C=C\C=C(/C)C[C@H]1C(=O)N(CC(c2ccccc2)c2ccccc2)C[C@H]2N1C(=O)CN(C)N2C(=O)NCc1ccc(OC)cc1. The predicted molar refractivity (Wildman–Crippen MR) is 183 cm³/mol. The first kappa shape index (κ1) is 33.2. The van der Waals surface area contributed by atoms with E-state index in [4.69, 9.17) is 4.74 Å². The molecule has 0 spiro atoms. The summed E-state index contributed by atoms with van der Waals surface area (Å²) in [6.07, 6.45) is 6.96. The molecule has 1 N–H and O–H groups in total. The summed E-state index contributed by atoms with van der Waals surface area (Å²) >= 11 is 0. The molecule has 0 radical (unpaired) electrons. The molecule has 4 amide bonds. The van der Waals surface area contributed by atoms with Gasteiger partial charge in [-0.1, -0.05) is 109 Å². The number of carbonyl (C=O) groups is 3. The minimum absolute atomic E-state index is 0.0218. The largest absolute Gasteiger partial charge is 0.497 e. The van der Waals surface area contributed by atoms with Crippen LogP contribution in [0.1, 0.15) is 36.0 Å². The number of hydrazine groups is 1. The lowest BCUT2D eigenvalue weighted by Crippen LogP contribution is -2.76. The second kappa shape index (κ2) is 15.4. The fraction of sp³-hybridized carbons (Fsp3) is 0.289. The van der Waals surface area contributed by atoms with Crippen LogP contribution in [0.4, 0.5) is 4.79 Å². The van der Waals surface area contributed by atoms with Crippen molar-refractivity contribution in [3.05, 3.63) is 138 Å². The molecule has 2 atom stereocenters. The maximum Gasteiger partial charge on any atom is 0.334 e. The Balaban J connectivity index is 1.48. The summed E-state index contributed by atoms with van der Waals surface area (Å²) in [5.74, 6) is 0.314. The van der Waals surface area contributed by atoms with Gasteiger partial charge in [0.05, 0.1) is 20.2 Å². The molecular formula is C38H43N5O4. The molecule has 0 bridgehead atoms. The van der Waals surface area contributed by atoms with Gasteiger partial charge in [-0.2, -0.15) is 0 Å². The third-order valence-corrected chi connectivity index (χ3v) is 8.70. The highest BCUT2D eigenvalue weighted by atomic mass is 16.5. The lowest BCUT2D eigenvalue weighted by molar-refractivity contribution is -0.187. The quantitative estimate of drug-likeness (QED) is 0.288. The van der Waals surface area contributed by atoms with Gasteiger partial charge in [0, 0.05) is 26.1 Å². The monoisotopic (exact) mass is 633 g/mol. The lowest BCUT2D eigenvalue weighted by atomic mass is 9.89. The number of fused-ring (bicyclic) bond motifs is 1. The van der Waals surface area contributed by atoms with E-state index < -0.39 is 12.2 Å². The molecule has 5 rings (SSSR count). The Labute approximate surface area is 277 Å². The maximum absolute atomic E-state index is 14.4. The Kier molecular flexibility index (Phi) is 10.9. The van der Waals surface area contributed by atoms with E-state index >= 15 is 0 Å². The summed E-state index contributed by atoms with van der Waals surface area (Å²) in [4.78, 5) is 45.5. The standard InChI is InChI=1S/C38H43N5O4/c1-5-6-9-14-28(2)23-34-37(45)41(25-33(30-15-10-7-11-16-30)31-17-12-8-13-18-31)26-35-42(34)36(44)27-40(3)43(35)38(46)39-24-29-19-21-32(47-4)22-20-29/h5-22,33-35H,1,23-27H2,2-4H3,(H,39,46)/b9-6-,28-14+/t34-,35-/m0/s1. The molecule has 3 aromatic rings. The van der Waals surface area contributed by atoms with Gasteiger partial charge in [0.15, 0.2) is 0 Å². The fourth-order valence-electron chi connectivity index (χ4n) is 6.34. The predicted octanol–water partition coefficient (Wildman–Crippen LogP) is 5.34. The Morgan fingerprint density at radius 2 is 1.62 bits per heavy atom. The first-order valence-corrected chi connectivity index (χ1v) is 15.9. The number of benzene rings is 3. The number of rotatable bonds is 11. The van der Waals surface area contributed by atoms with Crippen LogP contribution in [0.5, 0.6) is 5.75 Å². The number of carbonyl (C=O) groups excluding carboxylic acids is 3. The van der Waals surface area contributed by atoms with Crippen LogP contribution in [0.2, 0.25) is 0 Å². The van der Waals surface area contributed by atoms with Crippen molar-refractivity contribution in [2.45, 2.75) is 38.0 Å². The van der Waals surface area contributed by atoms with Gasteiger partial charge >= 0.3 is 6.03 Å². The van der Waals surface area contributed by atoms with Crippen molar-refractivity contribution in [1.29, 1.82) is 0 Å². The first-order chi connectivity index (χ1) is 22.8. The van der Waals surface area contributed by atoms with Crippen LogP contribution >= 0.6 is 0 Å². The molecule has 2 saturated heterocycles. The molecule has 2 aliphatic rings. The van der Waals surface area contributed by atoms with Gasteiger partial charge in [-0.05, 0) is 42.2 Å². The number of ether oxygens (including phenoxy) is 1. The second-order valence-electron chi connectivity index (χ2n) is 11.9. The van der Waals surface area contributed by atoms with E-state index in [9.17, 15) is 14.4 Å². The van der Waals surface area contributed by atoms with Gasteiger partial charge < -0.3 is 19.9 Å². The average molecular weight is 634 g/mol. The number of likely N-dealkylation sites (N-methyl/N-ethyl adjacent to an activating group) is 1. The van der Waals surface area contributed by atoms with Crippen molar-refractivity contribution < 1.29 is 19.1 Å². The van der Waals surface area contributed by atoms with Gasteiger partial charge in [0.1, 0.15) is 18.0 Å². The van der Waals surface area contributed by atoms with Crippen molar-refractivity contribution >= 4 is 17.8 Å². The molecule has 2 fully saturated rings. The Morgan fingerprint density at radius 1 is 0.979 bits per heavy atom. The highest BCUT2D eigenvalue weighted by Gasteiger charge is 2.51. The van der Waals surface area contributed by atoms with E-state index in [1.807, 2.05) is 90.7 Å². The van der Waals surface area contributed by atoms with Crippen LogP contribution < -0.4 is 10.1 Å². The Hall–Kier alpha value is -5.15. The molecule has 0 saturated carbocycles. The minimum atomic E-state index is -0.771. The smallest absolute Gasteiger partial charge is 0.334 e. The highest BCUT2D eigenvalue weighted by molar-refractivity contribution is 5.91. The molecule has 3 aromatic carbocycles. The van der Waals surface area contributed by atoms with E-state index in [0.717, 1.165) is 28.0 Å². The lowest BCUT2D eigenvalue weighted by Gasteiger charge is -2.54. The van der Waals surface area contributed by atoms with Gasteiger partial charge in [0.25, 0.3) is 0 Å². The van der Waals surface area contributed by atoms with Crippen molar-refractivity contribution in [3.63, 3.8) is 0 Å². The maximum atomic E-state index is 14.4. The molecule has 9 heteroatoms. The third kappa shape index (κ3) is 7.81. The second-order valence-corrected chi connectivity index (χ2v) is 11.9. The molecular weight excluding hydrogens is 590 g/mol. The van der Waals surface area contributed by atoms with Crippen LogP contribution in [0.3, 0.4) is 0 Å². The van der Waals surface area contributed by atoms with Crippen molar-refractivity contribution in [3.8, 4) is 5.75 Å². The molecule has 9 nitrogen and oxygen atoms in total. The number of allylic oxidation sites excluding steroid dienone is 4. The van der Waals surface area contributed by atoms with E-state index in [-0.39, 0.29) is 36.9 Å². The van der Waals surface area contributed by atoms with Crippen LogP contribution in [0.25, 0.3) is 0 Å². The van der Waals surface area contributed by atoms with Crippen LogP contribution in [-0.2, 0) is 16.1 Å². The molecule has 47 heavy (non-hydrogen) atoms. The van der Waals surface area contributed by atoms with Crippen molar-refractivity contribution in [2.24, 2.45) is 0 Å². The molecule has 2 heterocycles. The number of nitrogens with zero attached hydrogens (tertiary/aromatic N) is 4. The zero-order valence-electron chi connectivity index (χ0n) is 27.3. The van der Waals surface area contributed by atoms with Gasteiger partial charge in [-0.25, -0.2) is 14.8 Å². The number of urea groups is 1. The Morgan fingerprint density at radius 3 is 2.21 bits per heavy atom. The number of nitrogens with one attached hydrogen (secondary N) is 1. The molecule has 0 unspecified atom stereocenters. The fourth-order valence-corrected chi connectivity index (χ4v) is 6.34. The summed E-state index contributed by atoms with van der Waals surface area (Å²) in [6, 6.07) is 26.6. The molecule has 0 aromatic heterocycles. The van der Waals surface area contributed by atoms with E-state index in [2.05, 4.69) is 36.2 Å². The van der Waals surface area contributed by atoms with Crippen LogP contribution in [-0.4, -0.2) is 83.7 Å². The normalized spacial score (nSPS) is 18.9. The van der Waals surface area contributed by atoms with Crippen molar-refractivity contribution in [1.82, 2.24) is 25.1 Å². The van der Waals surface area contributed by atoms with Gasteiger partial charge in [-0.3, -0.25) is 9.59 Å². The summed E-state index contributed by atoms with van der Waals surface area (Å²) < 4.78 is 5.26. The molecule has 2 aliphatic heterocycles. The van der Waals surface area contributed by atoms with Gasteiger partial charge in [-0.15, -0.1) is 0 Å². The highest BCUT2D eigenvalue weighted by Crippen LogP contribution is 2.32. The number of hydrogen-bond acceptors (Lipinski definition) is 5. The molecule has 0 aliphatic carbocycles.